The van der Waals surface area contributed by atoms with Gasteiger partial charge in [0, 0.05) is 22.1 Å². The molecular formula is C14H12N2O. The van der Waals surface area contributed by atoms with Crippen LogP contribution in [0.25, 0.3) is 21.5 Å². The molecule has 0 amide bonds. The smallest absolute Gasteiger partial charge is 0.135 e. The van der Waals surface area contributed by atoms with E-state index in [0.717, 1.165) is 10.8 Å². The van der Waals surface area contributed by atoms with Crippen LogP contribution in [0.3, 0.4) is 0 Å². The van der Waals surface area contributed by atoms with Gasteiger partial charge < -0.3 is 16.6 Å². The van der Waals surface area contributed by atoms with Crippen molar-refractivity contribution in [1.82, 2.24) is 0 Å². The lowest BCUT2D eigenvalue weighted by Crippen LogP contribution is -1.91. The maximum Gasteiger partial charge on any atom is 0.135 e. The van der Waals surface area contributed by atoms with E-state index in [9.17, 15) is 5.11 Å². The highest BCUT2D eigenvalue weighted by molar-refractivity contribution is 6.12. The van der Waals surface area contributed by atoms with Gasteiger partial charge in [-0.1, -0.05) is 24.3 Å². The van der Waals surface area contributed by atoms with Gasteiger partial charge >= 0.3 is 0 Å². The van der Waals surface area contributed by atoms with Crippen molar-refractivity contribution in [3.05, 3.63) is 42.5 Å². The van der Waals surface area contributed by atoms with Crippen LogP contribution in [-0.4, -0.2) is 5.11 Å². The topological polar surface area (TPSA) is 72.3 Å². The third-order valence-corrected chi connectivity index (χ3v) is 3.04. The van der Waals surface area contributed by atoms with Gasteiger partial charge in [0.1, 0.15) is 5.75 Å². The molecule has 0 unspecified atom stereocenters. The molecule has 0 aliphatic carbocycles. The van der Waals surface area contributed by atoms with E-state index in [1.54, 1.807) is 12.1 Å². The third-order valence-electron chi connectivity index (χ3n) is 3.04. The van der Waals surface area contributed by atoms with Crippen molar-refractivity contribution in [2.45, 2.75) is 0 Å². The number of aromatic hydroxyl groups is 1. The highest BCUT2D eigenvalue weighted by Crippen LogP contribution is 2.39. The van der Waals surface area contributed by atoms with Crippen molar-refractivity contribution in [1.29, 1.82) is 0 Å². The van der Waals surface area contributed by atoms with Crippen LogP contribution in [0.4, 0.5) is 11.4 Å². The molecular weight excluding hydrogens is 212 g/mol. The molecule has 0 bridgehead atoms. The molecule has 0 saturated carbocycles. The Labute approximate surface area is 98.3 Å². The summed E-state index contributed by atoms with van der Waals surface area (Å²) in [6.07, 6.45) is 0. The fourth-order valence-electron chi connectivity index (χ4n) is 2.26. The summed E-state index contributed by atoms with van der Waals surface area (Å²) in [7, 11) is 0. The van der Waals surface area contributed by atoms with Gasteiger partial charge in [-0.15, -0.1) is 0 Å². The summed E-state index contributed by atoms with van der Waals surface area (Å²) in [5.74, 6) is 0.161. The summed E-state index contributed by atoms with van der Waals surface area (Å²) in [4.78, 5) is 0. The fourth-order valence-corrected chi connectivity index (χ4v) is 2.26. The molecule has 3 rings (SSSR count). The summed E-state index contributed by atoms with van der Waals surface area (Å²) < 4.78 is 0. The quantitative estimate of drug-likeness (QED) is 0.406. The van der Waals surface area contributed by atoms with Crippen molar-refractivity contribution in [3.8, 4) is 5.75 Å². The van der Waals surface area contributed by atoms with Crippen LogP contribution in [0.15, 0.2) is 42.5 Å². The second-order valence-corrected chi connectivity index (χ2v) is 4.12. The van der Waals surface area contributed by atoms with Gasteiger partial charge in [-0.2, -0.15) is 0 Å². The minimum absolute atomic E-state index is 0.161. The second kappa shape index (κ2) is 3.28. The van der Waals surface area contributed by atoms with Crippen molar-refractivity contribution >= 4 is 32.9 Å². The number of benzene rings is 3. The molecule has 3 aromatic carbocycles. The Kier molecular flexibility index (Phi) is 1.89. The Hall–Kier alpha value is -2.42. The van der Waals surface area contributed by atoms with Gasteiger partial charge in [0.15, 0.2) is 0 Å². The van der Waals surface area contributed by atoms with Crippen LogP contribution in [0.2, 0.25) is 0 Å². The van der Waals surface area contributed by atoms with Gasteiger partial charge in [-0.05, 0) is 29.0 Å². The van der Waals surface area contributed by atoms with Crippen LogP contribution in [-0.2, 0) is 0 Å². The number of hydrogen-bond acceptors (Lipinski definition) is 3. The lowest BCUT2D eigenvalue weighted by Gasteiger charge is -2.10. The maximum atomic E-state index is 10.3. The summed E-state index contributed by atoms with van der Waals surface area (Å²) in [5.41, 5.74) is 12.9. The highest BCUT2D eigenvalue weighted by Gasteiger charge is 2.10. The summed E-state index contributed by atoms with van der Waals surface area (Å²) in [6, 6.07) is 13.1. The number of phenolic OH excluding ortho intramolecular Hbond substituents is 1. The first kappa shape index (κ1) is 9.78. The van der Waals surface area contributed by atoms with Gasteiger partial charge in [0.2, 0.25) is 0 Å². The van der Waals surface area contributed by atoms with E-state index in [0.29, 0.717) is 22.1 Å². The van der Waals surface area contributed by atoms with E-state index in [2.05, 4.69) is 0 Å². The lowest BCUT2D eigenvalue weighted by molar-refractivity contribution is 0.488. The van der Waals surface area contributed by atoms with E-state index in [-0.39, 0.29) is 5.75 Å². The minimum Gasteiger partial charge on any atom is -0.506 e. The summed E-state index contributed by atoms with van der Waals surface area (Å²) >= 11 is 0. The average Bonchev–Trinajstić information content (AvgIpc) is 2.28. The predicted molar refractivity (Wildman–Crippen MR) is 71.9 cm³/mol. The standard InChI is InChI=1S/C14H12N2O/c15-10-5-1-3-8-7-9-4-2-6-11(16)13(9)14(17)12(8)10/h1-7,17H,15-16H2. The van der Waals surface area contributed by atoms with Crippen molar-refractivity contribution < 1.29 is 5.11 Å². The van der Waals surface area contributed by atoms with Crippen LogP contribution >= 0.6 is 0 Å². The number of rotatable bonds is 0. The van der Waals surface area contributed by atoms with Crippen LogP contribution in [0.1, 0.15) is 0 Å². The highest BCUT2D eigenvalue weighted by atomic mass is 16.3. The summed E-state index contributed by atoms with van der Waals surface area (Å²) in [5, 5.41) is 13.5. The second-order valence-electron chi connectivity index (χ2n) is 4.12. The number of anilines is 2. The van der Waals surface area contributed by atoms with Crippen molar-refractivity contribution in [3.63, 3.8) is 0 Å². The summed E-state index contributed by atoms with van der Waals surface area (Å²) in [6.45, 7) is 0. The van der Waals surface area contributed by atoms with Crippen molar-refractivity contribution in [2.24, 2.45) is 0 Å². The zero-order valence-corrected chi connectivity index (χ0v) is 9.14. The predicted octanol–water partition coefficient (Wildman–Crippen LogP) is 2.86. The van der Waals surface area contributed by atoms with E-state index in [1.807, 2.05) is 30.3 Å². The first-order valence-corrected chi connectivity index (χ1v) is 5.37. The Bertz CT molecular complexity index is 675. The minimum atomic E-state index is 0.161. The SMILES string of the molecule is Nc1cccc2cc3cccc(N)c3c(O)c12. The maximum absolute atomic E-state index is 10.3. The Morgan fingerprint density at radius 2 is 1.24 bits per heavy atom. The molecule has 84 valence electrons. The molecule has 0 fully saturated rings. The van der Waals surface area contributed by atoms with E-state index in [4.69, 9.17) is 11.5 Å². The molecule has 0 aromatic heterocycles. The molecule has 0 spiro atoms. The first-order valence-electron chi connectivity index (χ1n) is 5.37. The molecule has 0 atom stereocenters. The Balaban J connectivity index is 2.64. The van der Waals surface area contributed by atoms with E-state index in [1.165, 1.54) is 0 Å². The van der Waals surface area contributed by atoms with Crippen molar-refractivity contribution in [2.75, 3.05) is 11.5 Å². The van der Waals surface area contributed by atoms with E-state index < -0.39 is 0 Å². The Morgan fingerprint density at radius 1 is 0.765 bits per heavy atom. The molecule has 17 heavy (non-hydrogen) atoms. The van der Waals surface area contributed by atoms with Gasteiger partial charge in [-0.25, -0.2) is 0 Å². The average molecular weight is 224 g/mol. The third kappa shape index (κ3) is 1.29. The monoisotopic (exact) mass is 224 g/mol. The molecule has 3 nitrogen and oxygen atoms in total. The van der Waals surface area contributed by atoms with Crippen LogP contribution in [0, 0.1) is 0 Å². The zero-order valence-electron chi connectivity index (χ0n) is 9.14. The number of hydrogen-bond donors (Lipinski definition) is 3. The molecule has 0 aliphatic heterocycles. The number of nitrogens with two attached hydrogens (primary N) is 2. The Morgan fingerprint density at radius 3 is 1.71 bits per heavy atom. The van der Waals surface area contributed by atoms with E-state index >= 15 is 0 Å². The first-order chi connectivity index (χ1) is 8.18. The van der Waals surface area contributed by atoms with Crippen LogP contribution < -0.4 is 11.5 Å². The lowest BCUT2D eigenvalue weighted by atomic mass is 10.00. The molecule has 0 radical (unpaired) electrons. The van der Waals surface area contributed by atoms with Gasteiger partial charge in [0.05, 0.1) is 0 Å². The molecule has 3 aromatic rings. The fraction of sp³-hybridized carbons (Fsp3) is 0. The molecule has 5 N–H and O–H groups in total. The number of nitrogen functional groups attached to an aromatic ring is 2. The van der Waals surface area contributed by atoms with Gasteiger partial charge in [-0.3, -0.25) is 0 Å². The molecule has 3 heteroatoms. The molecule has 0 saturated heterocycles. The number of fused-ring (bicyclic) bond motifs is 2. The molecule has 0 aliphatic rings. The van der Waals surface area contributed by atoms with Crippen LogP contribution in [0.5, 0.6) is 5.75 Å². The largest absolute Gasteiger partial charge is 0.506 e. The molecule has 0 heterocycles. The zero-order chi connectivity index (χ0) is 12.0. The number of phenols is 1. The van der Waals surface area contributed by atoms with Gasteiger partial charge in [0.25, 0.3) is 0 Å². The normalized spacial score (nSPS) is 11.1.